The van der Waals surface area contributed by atoms with E-state index in [1.165, 1.54) is 0 Å². The zero-order chi connectivity index (χ0) is 14.0. The fourth-order valence-corrected chi connectivity index (χ4v) is 2.51. The number of aromatic nitrogens is 1. The maximum absolute atomic E-state index is 11.6. The molecule has 0 saturated carbocycles. The van der Waals surface area contributed by atoms with Crippen molar-refractivity contribution in [3.05, 3.63) is 34.3 Å². The highest BCUT2D eigenvalue weighted by Gasteiger charge is 2.17. The maximum Gasteiger partial charge on any atom is 0.419 e. The van der Waals surface area contributed by atoms with E-state index in [-0.39, 0.29) is 11.7 Å². The molecular formula is C15H21NO3. The summed E-state index contributed by atoms with van der Waals surface area (Å²) in [5.41, 5.74) is 2.14. The highest BCUT2D eigenvalue weighted by molar-refractivity contribution is 5.73. The molecule has 2 unspecified atom stereocenters. The Bertz CT molecular complexity index is 611. The van der Waals surface area contributed by atoms with Crippen LogP contribution in [-0.2, 0) is 6.54 Å². The predicted molar refractivity (Wildman–Crippen MR) is 75.2 cm³/mol. The van der Waals surface area contributed by atoms with Crippen LogP contribution in [0.15, 0.2) is 27.4 Å². The topological polar surface area (TPSA) is 55.4 Å². The Hall–Kier alpha value is -1.55. The molecule has 2 aromatic rings. The average molecular weight is 263 g/mol. The molecule has 2 rings (SSSR count). The summed E-state index contributed by atoms with van der Waals surface area (Å²) < 4.78 is 6.80. The number of hydrogen-bond donors (Lipinski definition) is 1. The molecule has 0 aliphatic heterocycles. The number of fused-ring (bicyclic) bond motifs is 1. The van der Waals surface area contributed by atoms with Crippen LogP contribution in [0.2, 0.25) is 0 Å². The first-order chi connectivity index (χ1) is 9.08. The van der Waals surface area contributed by atoms with E-state index in [1.807, 2.05) is 26.0 Å². The lowest BCUT2D eigenvalue weighted by atomic mass is 9.93. The lowest BCUT2D eigenvalue weighted by Crippen LogP contribution is -2.12. The molecule has 1 N–H and O–H groups in total. The molecule has 0 aliphatic carbocycles. The molecular weight excluding hydrogens is 242 g/mol. The van der Waals surface area contributed by atoms with Crippen LogP contribution < -0.4 is 5.76 Å². The van der Waals surface area contributed by atoms with Gasteiger partial charge in [0.15, 0.2) is 5.58 Å². The third-order valence-corrected chi connectivity index (χ3v) is 3.63. The third kappa shape index (κ3) is 2.59. The summed E-state index contributed by atoms with van der Waals surface area (Å²) >= 11 is 0. The van der Waals surface area contributed by atoms with Crippen LogP contribution in [-0.4, -0.2) is 9.67 Å². The Kier molecular flexibility index (Phi) is 4.10. The average Bonchev–Trinajstić information content (AvgIpc) is 2.72. The SMILES string of the molecule is CCCC(C)C(O)c1ccc2c(c1)oc(=O)n2CC. The summed E-state index contributed by atoms with van der Waals surface area (Å²) in [6, 6.07) is 5.50. The molecule has 2 atom stereocenters. The number of rotatable bonds is 5. The minimum Gasteiger partial charge on any atom is -0.408 e. The van der Waals surface area contributed by atoms with Crippen molar-refractivity contribution in [2.45, 2.75) is 46.3 Å². The Morgan fingerprint density at radius 1 is 1.37 bits per heavy atom. The molecule has 1 aromatic carbocycles. The molecule has 0 amide bonds. The monoisotopic (exact) mass is 263 g/mol. The lowest BCUT2D eigenvalue weighted by molar-refractivity contribution is 0.112. The van der Waals surface area contributed by atoms with Crippen molar-refractivity contribution in [2.24, 2.45) is 5.92 Å². The zero-order valence-corrected chi connectivity index (χ0v) is 11.7. The largest absolute Gasteiger partial charge is 0.419 e. The van der Waals surface area contributed by atoms with Gasteiger partial charge in [-0.2, -0.15) is 0 Å². The second-order valence-corrected chi connectivity index (χ2v) is 5.05. The number of aliphatic hydroxyl groups excluding tert-OH is 1. The van der Waals surface area contributed by atoms with Gasteiger partial charge in [-0.3, -0.25) is 4.57 Å². The van der Waals surface area contributed by atoms with E-state index in [0.29, 0.717) is 12.1 Å². The number of benzene rings is 1. The Balaban J connectivity index is 2.39. The second kappa shape index (κ2) is 5.61. The van der Waals surface area contributed by atoms with Crippen LogP contribution in [0.1, 0.15) is 45.3 Å². The number of aliphatic hydroxyl groups is 1. The molecule has 1 aromatic heterocycles. The molecule has 4 nitrogen and oxygen atoms in total. The van der Waals surface area contributed by atoms with Crippen molar-refractivity contribution >= 4 is 11.1 Å². The summed E-state index contributed by atoms with van der Waals surface area (Å²) in [7, 11) is 0. The standard InChI is InChI=1S/C15H21NO3/c1-4-6-10(3)14(17)11-7-8-12-13(9-11)19-15(18)16(12)5-2/h7-10,14,17H,4-6H2,1-3H3. The molecule has 104 valence electrons. The quantitative estimate of drug-likeness (QED) is 0.901. The number of oxazole rings is 1. The minimum atomic E-state index is -0.514. The van der Waals surface area contributed by atoms with Crippen LogP contribution in [0, 0.1) is 5.92 Å². The Morgan fingerprint density at radius 3 is 2.74 bits per heavy atom. The summed E-state index contributed by atoms with van der Waals surface area (Å²) in [6.45, 7) is 6.63. The van der Waals surface area contributed by atoms with E-state index in [9.17, 15) is 9.90 Å². The van der Waals surface area contributed by atoms with Gasteiger partial charge in [0.2, 0.25) is 0 Å². The van der Waals surface area contributed by atoms with Crippen LogP contribution >= 0.6 is 0 Å². The lowest BCUT2D eigenvalue weighted by Gasteiger charge is -2.18. The van der Waals surface area contributed by atoms with E-state index in [0.717, 1.165) is 23.9 Å². The molecule has 0 radical (unpaired) electrons. The van der Waals surface area contributed by atoms with Crippen molar-refractivity contribution in [2.75, 3.05) is 0 Å². The number of hydrogen-bond acceptors (Lipinski definition) is 3. The van der Waals surface area contributed by atoms with Crippen molar-refractivity contribution in [3.63, 3.8) is 0 Å². The zero-order valence-electron chi connectivity index (χ0n) is 11.7. The highest BCUT2D eigenvalue weighted by atomic mass is 16.4. The van der Waals surface area contributed by atoms with E-state index >= 15 is 0 Å². The van der Waals surface area contributed by atoms with Gasteiger partial charge < -0.3 is 9.52 Å². The van der Waals surface area contributed by atoms with Gasteiger partial charge in [0.25, 0.3) is 0 Å². The fraction of sp³-hybridized carbons (Fsp3) is 0.533. The van der Waals surface area contributed by atoms with Gasteiger partial charge in [0, 0.05) is 6.54 Å². The van der Waals surface area contributed by atoms with Gasteiger partial charge >= 0.3 is 5.76 Å². The summed E-state index contributed by atoms with van der Waals surface area (Å²) in [5.74, 6) is -0.145. The van der Waals surface area contributed by atoms with Gasteiger partial charge in [0.05, 0.1) is 11.6 Å². The van der Waals surface area contributed by atoms with Gasteiger partial charge in [0.1, 0.15) is 0 Å². The van der Waals surface area contributed by atoms with Crippen molar-refractivity contribution in [1.82, 2.24) is 4.57 Å². The first-order valence-electron chi connectivity index (χ1n) is 6.89. The van der Waals surface area contributed by atoms with E-state index in [2.05, 4.69) is 6.92 Å². The molecule has 0 spiro atoms. The normalized spacial score (nSPS) is 14.7. The van der Waals surface area contributed by atoms with Gasteiger partial charge in [-0.05, 0) is 37.0 Å². The van der Waals surface area contributed by atoms with Crippen LogP contribution in [0.25, 0.3) is 11.1 Å². The molecule has 1 heterocycles. The smallest absolute Gasteiger partial charge is 0.408 e. The summed E-state index contributed by atoms with van der Waals surface area (Å²) in [6.07, 6.45) is 1.50. The van der Waals surface area contributed by atoms with Gasteiger partial charge in [-0.1, -0.05) is 26.3 Å². The van der Waals surface area contributed by atoms with Crippen molar-refractivity contribution < 1.29 is 9.52 Å². The van der Waals surface area contributed by atoms with E-state index in [1.54, 1.807) is 10.6 Å². The summed E-state index contributed by atoms with van der Waals surface area (Å²) in [5, 5.41) is 10.3. The summed E-state index contributed by atoms with van der Waals surface area (Å²) in [4.78, 5) is 11.6. The second-order valence-electron chi connectivity index (χ2n) is 5.05. The van der Waals surface area contributed by atoms with Gasteiger partial charge in [-0.25, -0.2) is 4.79 Å². The molecule has 19 heavy (non-hydrogen) atoms. The first-order valence-corrected chi connectivity index (χ1v) is 6.89. The van der Waals surface area contributed by atoms with Crippen LogP contribution in [0.4, 0.5) is 0 Å². The van der Waals surface area contributed by atoms with E-state index in [4.69, 9.17) is 4.42 Å². The van der Waals surface area contributed by atoms with Crippen LogP contribution in [0.5, 0.6) is 0 Å². The third-order valence-electron chi connectivity index (χ3n) is 3.63. The van der Waals surface area contributed by atoms with Crippen molar-refractivity contribution in [3.8, 4) is 0 Å². The first kappa shape index (κ1) is 13.9. The maximum atomic E-state index is 11.6. The molecule has 0 fully saturated rings. The van der Waals surface area contributed by atoms with Gasteiger partial charge in [-0.15, -0.1) is 0 Å². The molecule has 0 saturated heterocycles. The fourth-order valence-electron chi connectivity index (χ4n) is 2.51. The Labute approximate surface area is 112 Å². The molecule has 4 heteroatoms. The predicted octanol–water partition coefficient (Wildman–Crippen LogP) is 3.08. The Morgan fingerprint density at radius 2 is 2.11 bits per heavy atom. The highest BCUT2D eigenvalue weighted by Crippen LogP contribution is 2.27. The molecule has 0 aliphatic rings. The van der Waals surface area contributed by atoms with Crippen LogP contribution in [0.3, 0.4) is 0 Å². The van der Waals surface area contributed by atoms with Crippen molar-refractivity contribution in [1.29, 1.82) is 0 Å². The number of aryl methyl sites for hydroxylation is 1. The molecule has 0 bridgehead atoms. The minimum absolute atomic E-state index is 0.197. The number of nitrogens with zero attached hydrogens (tertiary/aromatic N) is 1. The van der Waals surface area contributed by atoms with E-state index < -0.39 is 6.10 Å².